The van der Waals surface area contributed by atoms with Gasteiger partial charge in [-0.3, -0.25) is 10.1 Å². The molecule has 0 radical (unpaired) electrons. The smallest absolute Gasteiger partial charge is 0.323 e. The number of aryl methyl sites for hydroxylation is 2. The summed E-state index contributed by atoms with van der Waals surface area (Å²) >= 11 is 7.64. The third-order valence-corrected chi connectivity index (χ3v) is 8.02. The highest BCUT2D eigenvalue weighted by molar-refractivity contribution is 7.07. The lowest BCUT2D eigenvalue weighted by molar-refractivity contribution is 0.0918. The van der Waals surface area contributed by atoms with E-state index in [0.29, 0.717) is 41.4 Å². The average molecular weight is 555 g/mol. The fraction of sp³-hybridized carbons (Fsp3) is 0.429. The molecule has 1 unspecified atom stereocenters. The number of pyridine rings is 2. The van der Waals surface area contributed by atoms with Crippen LogP contribution in [0.5, 0.6) is 0 Å². The number of aromatic nitrogens is 2. The van der Waals surface area contributed by atoms with Gasteiger partial charge in [0.1, 0.15) is 11.0 Å². The van der Waals surface area contributed by atoms with Crippen LogP contribution >= 0.6 is 22.9 Å². The van der Waals surface area contributed by atoms with Crippen molar-refractivity contribution >= 4 is 40.7 Å². The van der Waals surface area contributed by atoms with Crippen molar-refractivity contribution in [1.82, 2.24) is 25.1 Å². The van der Waals surface area contributed by atoms with Crippen molar-refractivity contribution in [2.75, 3.05) is 25.0 Å². The highest BCUT2D eigenvalue weighted by Gasteiger charge is 2.30. The molecule has 1 aliphatic heterocycles. The first-order valence-corrected chi connectivity index (χ1v) is 14.3. The van der Waals surface area contributed by atoms with Crippen LogP contribution in [0.2, 0.25) is 5.15 Å². The van der Waals surface area contributed by atoms with E-state index in [1.54, 1.807) is 36.6 Å². The van der Waals surface area contributed by atoms with Crippen LogP contribution in [-0.2, 0) is 6.54 Å². The Bertz CT molecular complexity index is 1190. The number of anilines is 1. The molecule has 3 aromatic rings. The maximum absolute atomic E-state index is 13.3. The lowest BCUT2D eigenvalue weighted by atomic mass is 10.0. The Hall–Kier alpha value is -3.01. The van der Waals surface area contributed by atoms with E-state index in [1.807, 2.05) is 29.3 Å². The minimum Gasteiger partial charge on any atom is -0.352 e. The molecule has 1 aliphatic rings. The SMILES string of the molecule is Cc1cc(Cl)nc(C)c1C(=O)NCCC(C)N1CCC(N(Cc2ccsc2)C(=O)Nc2ccccn2)CC1. The van der Waals surface area contributed by atoms with Crippen molar-refractivity contribution in [3.63, 3.8) is 0 Å². The summed E-state index contributed by atoms with van der Waals surface area (Å²) in [4.78, 5) is 38.9. The molecule has 0 saturated carbocycles. The van der Waals surface area contributed by atoms with Crippen LogP contribution in [0.1, 0.15) is 53.4 Å². The van der Waals surface area contributed by atoms with Gasteiger partial charge in [-0.25, -0.2) is 14.8 Å². The second-order valence-corrected chi connectivity index (χ2v) is 11.0. The fourth-order valence-electron chi connectivity index (χ4n) is 5.00. The quantitative estimate of drug-likeness (QED) is 0.340. The number of halogens is 1. The Kier molecular flexibility index (Phi) is 9.71. The van der Waals surface area contributed by atoms with Crippen molar-refractivity contribution < 1.29 is 9.59 Å². The molecule has 2 N–H and O–H groups in total. The molecule has 1 atom stereocenters. The van der Waals surface area contributed by atoms with E-state index < -0.39 is 0 Å². The van der Waals surface area contributed by atoms with Gasteiger partial charge in [0.25, 0.3) is 5.91 Å². The van der Waals surface area contributed by atoms with Crippen molar-refractivity contribution in [1.29, 1.82) is 0 Å². The van der Waals surface area contributed by atoms with Crippen molar-refractivity contribution in [2.45, 2.75) is 58.7 Å². The number of hydrogen-bond acceptors (Lipinski definition) is 6. The number of amides is 3. The normalized spacial score (nSPS) is 15.2. The first-order chi connectivity index (χ1) is 18.3. The van der Waals surface area contributed by atoms with Crippen LogP contribution in [-0.4, -0.2) is 63.4 Å². The summed E-state index contributed by atoms with van der Waals surface area (Å²) in [7, 11) is 0. The zero-order valence-corrected chi connectivity index (χ0v) is 23.7. The largest absolute Gasteiger partial charge is 0.352 e. The Morgan fingerprint density at radius 2 is 2.03 bits per heavy atom. The van der Waals surface area contributed by atoms with Crippen LogP contribution in [0.25, 0.3) is 0 Å². The molecule has 1 saturated heterocycles. The molecule has 0 spiro atoms. The van der Waals surface area contributed by atoms with E-state index >= 15 is 0 Å². The average Bonchev–Trinajstić information content (AvgIpc) is 3.41. The maximum atomic E-state index is 13.3. The zero-order chi connectivity index (χ0) is 27.1. The number of likely N-dealkylation sites (tertiary alicyclic amines) is 1. The van der Waals surface area contributed by atoms with Crippen LogP contribution in [0.4, 0.5) is 10.6 Å². The highest BCUT2D eigenvalue weighted by Crippen LogP contribution is 2.23. The second-order valence-electron chi connectivity index (χ2n) is 9.79. The van der Waals surface area contributed by atoms with Gasteiger partial charge in [0.05, 0.1) is 11.3 Å². The molecule has 3 aromatic heterocycles. The molecule has 3 amide bonds. The predicted molar refractivity (Wildman–Crippen MR) is 153 cm³/mol. The monoisotopic (exact) mass is 554 g/mol. The van der Waals surface area contributed by atoms with Gasteiger partial charge in [-0.2, -0.15) is 11.3 Å². The van der Waals surface area contributed by atoms with Gasteiger partial charge in [0, 0.05) is 44.5 Å². The molecular weight excluding hydrogens is 520 g/mol. The van der Waals surface area contributed by atoms with Gasteiger partial charge in [-0.1, -0.05) is 17.7 Å². The first kappa shape index (κ1) is 28.0. The standard InChI is InChI=1S/C28H35ClN6O2S/c1-19-16-24(29)32-21(3)26(19)27(36)31-12-7-20(2)34-13-8-23(9-14-34)35(17-22-10-15-38-18-22)28(37)33-25-6-4-5-11-30-25/h4-6,10-11,15-16,18,20,23H,7-9,12-14,17H2,1-3H3,(H,31,36)(H,30,33,37). The van der Waals surface area contributed by atoms with E-state index in [2.05, 4.69) is 43.9 Å². The molecule has 4 heterocycles. The van der Waals surface area contributed by atoms with E-state index in [4.69, 9.17) is 11.6 Å². The lowest BCUT2D eigenvalue weighted by Gasteiger charge is -2.40. The molecule has 0 aliphatic carbocycles. The number of thiophene rings is 1. The topological polar surface area (TPSA) is 90.5 Å². The summed E-state index contributed by atoms with van der Waals surface area (Å²) in [5.74, 6) is 0.443. The van der Waals surface area contributed by atoms with Gasteiger partial charge in [0.15, 0.2) is 0 Å². The Morgan fingerprint density at radius 1 is 1.24 bits per heavy atom. The molecule has 10 heteroatoms. The summed E-state index contributed by atoms with van der Waals surface area (Å²) in [6.45, 7) is 8.83. The lowest BCUT2D eigenvalue weighted by Crippen LogP contribution is -2.50. The maximum Gasteiger partial charge on any atom is 0.323 e. The second kappa shape index (κ2) is 13.2. The van der Waals surface area contributed by atoms with Crippen LogP contribution in [0, 0.1) is 13.8 Å². The minimum atomic E-state index is -0.119. The van der Waals surface area contributed by atoms with Gasteiger partial charge >= 0.3 is 6.03 Å². The zero-order valence-electron chi connectivity index (χ0n) is 22.1. The molecule has 0 bridgehead atoms. The molecule has 8 nitrogen and oxygen atoms in total. The van der Waals surface area contributed by atoms with Crippen LogP contribution < -0.4 is 10.6 Å². The number of hydrogen-bond donors (Lipinski definition) is 2. The number of piperidine rings is 1. The Morgan fingerprint density at radius 3 is 2.68 bits per heavy atom. The van der Waals surface area contributed by atoms with E-state index in [0.717, 1.165) is 43.5 Å². The number of urea groups is 1. The fourth-order valence-corrected chi connectivity index (χ4v) is 5.95. The molecular formula is C28H35ClN6O2S. The predicted octanol–water partition coefficient (Wildman–Crippen LogP) is 5.52. The van der Waals surface area contributed by atoms with Gasteiger partial charge in [-0.15, -0.1) is 0 Å². The van der Waals surface area contributed by atoms with E-state index in [9.17, 15) is 9.59 Å². The third-order valence-electron chi connectivity index (χ3n) is 7.10. The number of nitrogens with one attached hydrogen (secondary N) is 2. The summed E-state index contributed by atoms with van der Waals surface area (Å²) in [6.07, 6.45) is 4.31. The number of carbonyl (C=O) groups is 2. The summed E-state index contributed by atoms with van der Waals surface area (Å²) in [5, 5.41) is 10.5. The number of rotatable bonds is 9. The Balaban J connectivity index is 1.29. The van der Waals surface area contributed by atoms with E-state index in [-0.39, 0.29) is 18.0 Å². The van der Waals surface area contributed by atoms with E-state index in [1.165, 1.54) is 0 Å². The van der Waals surface area contributed by atoms with Gasteiger partial charge < -0.3 is 15.1 Å². The van der Waals surface area contributed by atoms with Crippen molar-refractivity contribution in [3.8, 4) is 0 Å². The molecule has 4 rings (SSSR count). The summed E-state index contributed by atoms with van der Waals surface area (Å²) < 4.78 is 0. The van der Waals surface area contributed by atoms with Crippen LogP contribution in [0.3, 0.4) is 0 Å². The van der Waals surface area contributed by atoms with Crippen LogP contribution in [0.15, 0.2) is 47.3 Å². The highest BCUT2D eigenvalue weighted by atomic mass is 35.5. The molecule has 0 aromatic carbocycles. The molecule has 1 fully saturated rings. The summed E-state index contributed by atoms with van der Waals surface area (Å²) in [6, 6.07) is 9.62. The van der Waals surface area contributed by atoms with Crippen molar-refractivity contribution in [3.05, 3.63) is 74.8 Å². The summed E-state index contributed by atoms with van der Waals surface area (Å²) in [5.41, 5.74) is 3.20. The molecule has 38 heavy (non-hydrogen) atoms. The Labute approximate surface area is 233 Å². The van der Waals surface area contributed by atoms with Gasteiger partial charge in [0.2, 0.25) is 0 Å². The molecule has 202 valence electrons. The third kappa shape index (κ3) is 7.30. The first-order valence-electron chi connectivity index (χ1n) is 13.0. The van der Waals surface area contributed by atoms with Gasteiger partial charge in [-0.05, 0) is 86.2 Å². The minimum absolute atomic E-state index is 0.113. The van der Waals surface area contributed by atoms with Crippen molar-refractivity contribution in [2.24, 2.45) is 0 Å². The number of carbonyl (C=O) groups excluding carboxylic acids is 2. The number of nitrogens with zero attached hydrogens (tertiary/aromatic N) is 4.